The third-order valence-electron chi connectivity index (χ3n) is 4.43. The molecule has 0 heterocycles. The van der Waals surface area contributed by atoms with Crippen molar-refractivity contribution in [2.75, 3.05) is 19.6 Å². The van der Waals surface area contributed by atoms with Gasteiger partial charge in [0.25, 0.3) is 0 Å². The van der Waals surface area contributed by atoms with Crippen molar-refractivity contribution in [2.24, 2.45) is 0 Å². The van der Waals surface area contributed by atoms with Crippen molar-refractivity contribution in [3.8, 4) is 0 Å². The van der Waals surface area contributed by atoms with Crippen molar-refractivity contribution in [3.05, 3.63) is 71.5 Å². The van der Waals surface area contributed by atoms with Crippen LogP contribution in [0.5, 0.6) is 0 Å². The molecule has 1 unspecified atom stereocenters. The highest BCUT2D eigenvalue weighted by molar-refractivity contribution is 7.88. The quantitative estimate of drug-likeness (QED) is 0.691. The number of halogens is 1. The number of nitrogens with zero attached hydrogens (tertiary/aromatic N) is 1. The van der Waals surface area contributed by atoms with Crippen molar-refractivity contribution in [1.82, 2.24) is 9.62 Å². The molecule has 1 atom stereocenters. The molecule has 26 heavy (non-hydrogen) atoms. The van der Waals surface area contributed by atoms with E-state index in [0.717, 1.165) is 19.5 Å². The molecule has 0 amide bonds. The Balaban J connectivity index is 2.04. The van der Waals surface area contributed by atoms with E-state index >= 15 is 0 Å². The summed E-state index contributed by atoms with van der Waals surface area (Å²) in [5, 5.41) is 0. The van der Waals surface area contributed by atoms with Gasteiger partial charge in [0.1, 0.15) is 5.82 Å². The normalized spacial score (nSPS) is 13.1. The molecule has 4 nitrogen and oxygen atoms in total. The highest BCUT2D eigenvalue weighted by Gasteiger charge is 2.20. The fraction of sp³-hybridized carbons (Fsp3) is 0.400. The summed E-state index contributed by atoms with van der Waals surface area (Å²) in [4.78, 5) is 2.25. The number of likely N-dealkylation sites (N-methyl/N-ethyl adjacent to an activating group) is 1. The number of hydrogen-bond acceptors (Lipinski definition) is 3. The van der Waals surface area contributed by atoms with Gasteiger partial charge in [0.05, 0.1) is 5.75 Å². The number of benzene rings is 2. The highest BCUT2D eigenvalue weighted by Crippen LogP contribution is 2.11. The van der Waals surface area contributed by atoms with E-state index in [1.807, 2.05) is 18.2 Å². The first-order valence-electron chi connectivity index (χ1n) is 8.93. The highest BCUT2D eigenvalue weighted by atomic mass is 32.2. The molecule has 0 saturated carbocycles. The second-order valence-corrected chi connectivity index (χ2v) is 8.11. The van der Waals surface area contributed by atoms with Gasteiger partial charge in [-0.15, -0.1) is 0 Å². The zero-order valence-electron chi connectivity index (χ0n) is 15.4. The van der Waals surface area contributed by atoms with Crippen LogP contribution in [0.25, 0.3) is 0 Å². The third kappa shape index (κ3) is 6.52. The van der Waals surface area contributed by atoms with E-state index in [0.29, 0.717) is 12.1 Å². The van der Waals surface area contributed by atoms with Crippen LogP contribution in [0.2, 0.25) is 0 Å². The van der Waals surface area contributed by atoms with Gasteiger partial charge in [-0.3, -0.25) is 4.90 Å². The molecule has 1 N–H and O–H groups in total. The van der Waals surface area contributed by atoms with E-state index in [1.54, 1.807) is 6.07 Å². The molecule has 2 rings (SSSR count). The molecule has 0 radical (unpaired) electrons. The van der Waals surface area contributed by atoms with E-state index in [4.69, 9.17) is 0 Å². The summed E-state index contributed by atoms with van der Waals surface area (Å²) in [6.45, 7) is 6.17. The average molecular weight is 379 g/mol. The maximum Gasteiger partial charge on any atom is 0.215 e. The number of nitrogens with one attached hydrogen (secondary N) is 1. The third-order valence-corrected chi connectivity index (χ3v) is 5.75. The molecule has 2 aromatic carbocycles. The summed E-state index contributed by atoms with van der Waals surface area (Å²) < 4.78 is 40.8. The lowest BCUT2D eigenvalue weighted by Gasteiger charge is -2.30. The Bertz CT molecular complexity index is 777. The lowest BCUT2D eigenvalue weighted by Crippen LogP contribution is -2.45. The van der Waals surface area contributed by atoms with Crippen molar-refractivity contribution in [1.29, 1.82) is 0 Å². The van der Waals surface area contributed by atoms with Crippen LogP contribution in [0, 0.1) is 5.82 Å². The van der Waals surface area contributed by atoms with Gasteiger partial charge in [-0.2, -0.15) is 0 Å². The van der Waals surface area contributed by atoms with E-state index in [-0.39, 0.29) is 11.8 Å². The van der Waals surface area contributed by atoms with Crippen LogP contribution >= 0.6 is 0 Å². The van der Waals surface area contributed by atoms with Crippen molar-refractivity contribution >= 4 is 10.0 Å². The molecule has 0 aliphatic rings. The monoisotopic (exact) mass is 378 g/mol. The number of rotatable bonds is 10. The zero-order valence-corrected chi connectivity index (χ0v) is 16.2. The average Bonchev–Trinajstić information content (AvgIpc) is 2.61. The predicted molar refractivity (Wildman–Crippen MR) is 104 cm³/mol. The van der Waals surface area contributed by atoms with Crippen LogP contribution in [0.1, 0.15) is 25.0 Å². The Kier molecular flexibility index (Phi) is 7.75. The minimum Gasteiger partial charge on any atom is -0.299 e. The Morgan fingerprint density at radius 2 is 1.65 bits per heavy atom. The molecule has 0 bridgehead atoms. The van der Waals surface area contributed by atoms with Gasteiger partial charge in [0.2, 0.25) is 10.0 Å². The first-order valence-corrected chi connectivity index (χ1v) is 10.6. The Morgan fingerprint density at radius 3 is 2.27 bits per heavy atom. The van der Waals surface area contributed by atoms with Crippen LogP contribution in [-0.2, 0) is 22.2 Å². The van der Waals surface area contributed by atoms with Gasteiger partial charge < -0.3 is 0 Å². The Morgan fingerprint density at radius 1 is 1.00 bits per heavy atom. The van der Waals surface area contributed by atoms with Crippen LogP contribution in [-0.4, -0.2) is 39.0 Å². The second-order valence-electron chi connectivity index (χ2n) is 6.30. The standard InChI is InChI=1S/C20H27FN2O2S/c1-3-23(4-2)20(14-17-9-6-5-7-10-17)15-22-26(24,25)16-18-11-8-12-19(21)13-18/h5-13,20,22H,3-4,14-16H2,1-2H3. The van der Waals surface area contributed by atoms with E-state index in [2.05, 4.69) is 35.6 Å². The number of sulfonamides is 1. The largest absolute Gasteiger partial charge is 0.299 e. The molecule has 0 aliphatic carbocycles. The number of hydrogen-bond donors (Lipinski definition) is 1. The molecule has 0 aromatic heterocycles. The van der Waals surface area contributed by atoms with Crippen LogP contribution in [0.15, 0.2) is 54.6 Å². The fourth-order valence-electron chi connectivity index (χ4n) is 3.08. The summed E-state index contributed by atoms with van der Waals surface area (Å²) in [5.41, 5.74) is 1.62. The zero-order chi connectivity index (χ0) is 19.0. The molecule has 2 aromatic rings. The van der Waals surface area contributed by atoms with Gasteiger partial charge in [0, 0.05) is 12.6 Å². The van der Waals surface area contributed by atoms with Crippen LogP contribution in [0.4, 0.5) is 4.39 Å². The lowest BCUT2D eigenvalue weighted by atomic mass is 10.0. The smallest absolute Gasteiger partial charge is 0.215 e. The molecule has 142 valence electrons. The topological polar surface area (TPSA) is 49.4 Å². The van der Waals surface area contributed by atoms with E-state index in [9.17, 15) is 12.8 Å². The molecule has 0 saturated heterocycles. The molecule has 0 fully saturated rings. The fourth-order valence-corrected chi connectivity index (χ4v) is 4.24. The van der Waals surface area contributed by atoms with Gasteiger partial charge in [-0.25, -0.2) is 17.5 Å². The summed E-state index contributed by atoms with van der Waals surface area (Å²) >= 11 is 0. The van der Waals surface area contributed by atoms with Gasteiger partial charge in [0.15, 0.2) is 0 Å². The van der Waals surface area contributed by atoms with E-state index < -0.39 is 15.8 Å². The minimum absolute atomic E-state index is 0.0645. The molecular weight excluding hydrogens is 351 g/mol. The Hall–Kier alpha value is -1.76. The Labute approximate surface area is 156 Å². The molecular formula is C20H27FN2O2S. The van der Waals surface area contributed by atoms with Crippen molar-refractivity contribution in [3.63, 3.8) is 0 Å². The van der Waals surface area contributed by atoms with Gasteiger partial charge in [-0.05, 0) is 42.8 Å². The maximum atomic E-state index is 13.3. The van der Waals surface area contributed by atoms with E-state index in [1.165, 1.54) is 23.8 Å². The molecule has 6 heteroatoms. The molecule has 0 spiro atoms. The first kappa shape index (κ1) is 20.6. The van der Waals surface area contributed by atoms with Crippen LogP contribution in [0.3, 0.4) is 0 Å². The maximum absolute atomic E-state index is 13.3. The summed E-state index contributed by atoms with van der Waals surface area (Å²) in [6.07, 6.45) is 0.769. The van der Waals surface area contributed by atoms with Crippen molar-refractivity contribution in [2.45, 2.75) is 32.1 Å². The second kappa shape index (κ2) is 9.80. The lowest BCUT2D eigenvalue weighted by molar-refractivity contribution is 0.216. The van der Waals surface area contributed by atoms with Crippen LogP contribution < -0.4 is 4.72 Å². The first-order chi connectivity index (χ1) is 12.4. The SMILES string of the molecule is CCN(CC)C(CNS(=O)(=O)Cc1cccc(F)c1)Cc1ccccc1. The van der Waals surface area contributed by atoms with Gasteiger partial charge >= 0.3 is 0 Å². The predicted octanol–water partition coefficient (Wildman–Crippen LogP) is 3.20. The summed E-state index contributed by atoms with van der Waals surface area (Å²) in [5.74, 6) is -0.649. The van der Waals surface area contributed by atoms with Gasteiger partial charge in [-0.1, -0.05) is 56.3 Å². The van der Waals surface area contributed by atoms with Crippen molar-refractivity contribution < 1.29 is 12.8 Å². The summed E-state index contributed by atoms with van der Waals surface area (Å²) in [7, 11) is -3.53. The molecule has 0 aliphatic heterocycles. The minimum atomic E-state index is -3.53. The summed E-state index contributed by atoms with van der Waals surface area (Å²) in [6, 6.07) is 15.8.